The number of aliphatic hydroxyl groups is 3. The number of carbonyl (C=O) groups excluding carboxylic acids is 2. The molecular formula is C36H39IN2O7. The van der Waals surface area contributed by atoms with Crippen molar-refractivity contribution in [3.05, 3.63) is 92.6 Å². The van der Waals surface area contributed by atoms with Gasteiger partial charge in [0.2, 0.25) is 11.8 Å². The highest BCUT2D eigenvalue weighted by atomic mass is 127. The van der Waals surface area contributed by atoms with Crippen LogP contribution in [0.5, 0.6) is 11.5 Å². The van der Waals surface area contributed by atoms with Crippen LogP contribution in [0.1, 0.15) is 38.2 Å². The van der Waals surface area contributed by atoms with Crippen LogP contribution in [0.15, 0.2) is 83.4 Å². The van der Waals surface area contributed by atoms with Gasteiger partial charge in [-0.1, -0.05) is 36.8 Å². The van der Waals surface area contributed by atoms with Gasteiger partial charge >= 0.3 is 0 Å². The molecule has 5 N–H and O–H groups in total. The fourth-order valence-electron chi connectivity index (χ4n) is 6.64. The number of para-hydroxylation sites is 1. The van der Waals surface area contributed by atoms with Crippen LogP contribution in [0.4, 0.5) is 17.1 Å². The van der Waals surface area contributed by atoms with Gasteiger partial charge in [0.25, 0.3) is 0 Å². The average Bonchev–Trinajstić information content (AvgIpc) is 3.32. The summed E-state index contributed by atoms with van der Waals surface area (Å²) in [4.78, 5) is 28.7. The highest BCUT2D eigenvalue weighted by Crippen LogP contribution is 2.47. The number of aliphatic hydroxyl groups excluding tert-OH is 3. The van der Waals surface area contributed by atoms with Crippen LogP contribution < -0.4 is 15.0 Å². The fraction of sp³-hybridized carbons (Fsp3) is 0.333. The Hall–Kier alpha value is -3.71. The Balaban J connectivity index is 1.34. The molecule has 3 aromatic carbocycles. The summed E-state index contributed by atoms with van der Waals surface area (Å²) in [6.07, 6.45) is 2.66. The van der Waals surface area contributed by atoms with E-state index in [0.29, 0.717) is 45.4 Å². The highest BCUT2D eigenvalue weighted by molar-refractivity contribution is 14.1. The second-order valence-electron chi connectivity index (χ2n) is 11.7. The second-order valence-corrected chi connectivity index (χ2v) is 12.8. The number of phenols is 1. The Morgan fingerprint density at radius 1 is 1.07 bits per heavy atom. The number of methoxy groups -OCH3 is 1. The van der Waals surface area contributed by atoms with E-state index in [1.807, 2.05) is 72.0 Å². The molecule has 242 valence electrons. The predicted molar refractivity (Wildman–Crippen MR) is 186 cm³/mol. The van der Waals surface area contributed by atoms with E-state index in [2.05, 4.69) is 5.32 Å². The van der Waals surface area contributed by atoms with E-state index >= 15 is 0 Å². The van der Waals surface area contributed by atoms with Crippen LogP contribution in [0.2, 0.25) is 0 Å². The molecule has 1 saturated heterocycles. The number of nitrogens with zero attached hydrogens (tertiary/aromatic N) is 1. The smallest absolute Gasteiger partial charge is 0.238 e. The van der Waals surface area contributed by atoms with Crippen LogP contribution in [-0.4, -0.2) is 58.7 Å². The maximum Gasteiger partial charge on any atom is 0.238 e. The zero-order valence-electron chi connectivity index (χ0n) is 25.8. The first-order chi connectivity index (χ1) is 22.2. The van der Waals surface area contributed by atoms with Gasteiger partial charge in [0.1, 0.15) is 0 Å². The fourth-order valence-corrected chi connectivity index (χ4v) is 7.26. The number of aromatic hydroxyl groups is 1. The molecule has 0 aromatic heterocycles. The molecule has 1 heterocycles. The first-order valence-electron chi connectivity index (χ1n) is 15.4. The minimum atomic E-state index is -1.02. The molecule has 0 radical (unpaired) electrons. The van der Waals surface area contributed by atoms with Crippen molar-refractivity contribution in [2.45, 2.75) is 38.7 Å². The van der Waals surface area contributed by atoms with E-state index in [1.165, 1.54) is 12.0 Å². The molecule has 3 aromatic rings. The molecular weight excluding hydrogens is 699 g/mol. The molecule has 0 unspecified atom stereocenters. The number of allylic oxidation sites excluding steroid dienone is 1. The lowest BCUT2D eigenvalue weighted by molar-refractivity contribution is -0.123. The molecule has 0 bridgehead atoms. The van der Waals surface area contributed by atoms with Crippen LogP contribution in [0, 0.1) is 21.3 Å². The summed E-state index contributed by atoms with van der Waals surface area (Å²) in [6, 6.07) is 20.3. The molecule has 10 heteroatoms. The quantitative estimate of drug-likeness (QED) is 0.0895. The highest BCUT2D eigenvalue weighted by Gasteiger charge is 2.55. The van der Waals surface area contributed by atoms with Crippen LogP contribution in [0.3, 0.4) is 0 Å². The normalized spacial score (nSPS) is 20.6. The zero-order chi connectivity index (χ0) is 33.0. The third-order valence-electron chi connectivity index (χ3n) is 8.95. The lowest BCUT2D eigenvalue weighted by Crippen LogP contribution is -2.39. The number of halogens is 1. The van der Waals surface area contributed by atoms with Gasteiger partial charge in [0.15, 0.2) is 11.5 Å². The first kappa shape index (κ1) is 33.6. The predicted octanol–water partition coefficient (Wildman–Crippen LogP) is 5.79. The summed E-state index contributed by atoms with van der Waals surface area (Å²) in [5.41, 5.74) is 5.00. The molecule has 5 rings (SSSR count). The van der Waals surface area contributed by atoms with E-state index in [1.54, 1.807) is 30.3 Å². The lowest BCUT2D eigenvalue weighted by Gasteiger charge is -2.36. The molecule has 1 aliphatic heterocycles. The molecule has 0 saturated carbocycles. The number of ether oxygens (including phenoxy) is 1. The molecule has 0 spiro atoms. The first-order valence-corrected chi connectivity index (χ1v) is 16.5. The third kappa shape index (κ3) is 6.85. The topological polar surface area (TPSA) is 140 Å². The van der Waals surface area contributed by atoms with Crippen LogP contribution >= 0.6 is 22.6 Å². The van der Waals surface area contributed by atoms with Crippen LogP contribution in [-0.2, 0) is 9.59 Å². The van der Waals surface area contributed by atoms with Crippen molar-refractivity contribution in [1.29, 1.82) is 0 Å². The van der Waals surface area contributed by atoms with Crippen molar-refractivity contribution in [1.82, 2.24) is 0 Å². The van der Waals surface area contributed by atoms with Crippen molar-refractivity contribution in [2.24, 2.45) is 17.8 Å². The number of imide groups is 1. The van der Waals surface area contributed by atoms with Gasteiger partial charge in [0.05, 0.1) is 47.5 Å². The van der Waals surface area contributed by atoms with Crippen molar-refractivity contribution in [2.75, 3.05) is 30.5 Å². The average molecular weight is 739 g/mol. The van der Waals surface area contributed by atoms with E-state index in [9.17, 15) is 30.0 Å². The summed E-state index contributed by atoms with van der Waals surface area (Å²) in [5.74, 6) is -2.70. The number of hydrogen-bond donors (Lipinski definition) is 5. The van der Waals surface area contributed by atoms with Gasteiger partial charge in [0, 0.05) is 17.3 Å². The van der Waals surface area contributed by atoms with Gasteiger partial charge in [-0.3, -0.25) is 14.5 Å². The van der Waals surface area contributed by atoms with E-state index in [-0.39, 0.29) is 24.7 Å². The second kappa shape index (κ2) is 14.8. The number of phenolic OH excluding ortho intramolecular Hbond substituents is 1. The summed E-state index contributed by atoms with van der Waals surface area (Å²) in [7, 11) is 1.50. The molecule has 1 fully saturated rings. The largest absolute Gasteiger partial charge is 0.504 e. The number of rotatable bonds is 12. The molecule has 2 amide bonds. The van der Waals surface area contributed by atoms with Crippen molar-refractivity contribution >= 4 is 57.5 Å². The Morgan fingerprint density at radius 2 is 1.76 bits per heavy atom. The minimum Gasteiger partial charge on any atom is -0.504 e. The van der Waals surface area contributed by atoms with Gasteiger partial charge in [-0.05, 0) is 114 Å². The SMILES string of the molecule is CC/C(=C\c1cc(I)c(O)c(OC)c1)CC[C@@H](O)C1=C(CO)C[C@H]2C(=O)N(c3ccc(Nc4ccccc4)cc3)C(=O)[C@H]2[C@H]1CO. The number of carbonyl (C=O) groups is 2. The number of benzene rings is 3. The van der Waals surface area contributed by atoms with Gasteiger partial charge < -0.3 is 30.5 Å². The van der Waals surface area contributed by atoms with Gasteiger partial charge in [-0.2, -0.15) is 0 Å². The minimum absolute atomic E-state index is 0.0819. The number of anilines is 3. The standard InChI is InChI=1S/C36H39IN2O7/c1-3-21(15-22-16-29(37)34(43)31(17-22)46-2)9-14-30(42)32-23(19-40)18-27-33(28(32)20-41)36(45)39(35(27)44)26-12-10-25(11-13-26)38-24-7-5-4-6-8-24/h4-8,10-13,15-17,27-28,30,33,38,40-43H,3,9,14,18-20H2,1-2H3/b21-15+/t27-,28+,30-,33-/m1/s1. The molecule has 9 nitrogen and oxygen atoms in total. The number of hydrogen-bond acceptors (Lipinski definition) is 8. The number of nitrogens with one attached hydrogen (secondary N) is 1. The summed E-state index contributed by atoms with van der Waals surface area (Å²) in [5, 5.41) is 45.9. The summed E-state index contributed by atoms with van der Waals surface area (Å²) in [6.45, 7) is 1.20. The Labute approximate surface area is 282 Å². The van der Waals surface area contributed by atoms with Crippen LogP contribution in [0.25, 0.3) is 6.08 Å². The third-order valence-corrected chi connectivity index (χ3v) is 9.78. The van der Waals surface area contributed by atoms with E-state index < -0.39 is 36.4 Å². The monoisotopic (exact) mass is 738 g/mol. The number of amides is 2. The van der Waals surface area contributed by atoms with Gasteiger partial charge in [-0.25, -0.2) is 0 Å². The Bertz CT molecular complexity index is 1640. The molecule has 46 heavy (non-hydrogen) atoms. The Morgan fingerprint density at radius 3 is 2.39 bits per heavy atom. The maximum absolute atomic E-state index is 13.9. The van der Waals surface area contributed by atoms with E-state index in [0.717, 1.165) is 22.5 Å². The summed E-state index contributed by atoms with van der Waals surface area (Å²) >= 11 is 2.05. The Kier molecular flexibility index (Phi) is 10.8. The maximum atomic E-state index is 13.9. The van der Waals surface area contributed by atoms with Crippen molar-refractivity contribution in [3.8, 4) is 11.5 Å². The van der Waals surface area contributed by atoms with Gasteiger partial charge in [-0.15, -0.1) is 0 Å². The van der Waals surface area contributed by atoms with E-state index in [4.69, 9.17) is 4.74 Å². The zero-order valence-corrected chi connectivity index (χ0v) is 28.0. The summed E-state index contributed by atoms with van der Waals surface area (Å²) < 4.78 is 5.94. The molecule has 1 aliphatic carbocycles. The molecule has 2 aliphatic rings. The lowest BCUT2D eigenvalue weighted by atomic mass is 9.68. The molecule has 4 atom stereocenters. The van der Waals surface area contributed by atoms with Crippen molar-refractivity contribution < 1.29 is 34.8 Å². The number of fused-ring (bicyclic) bond motifs is 1. The van der Waals surface area contributed by atoms with Crippen molar-refractivity contribution in [3.63, 3.8) is 0 Å².